The van der Waals surface area contributed by atoms with Crippen LogP contribution in [0.3, 0.4) is 0 Å². The van der Waals surface area contributed by atoms with E-state index in [2.05, 4.69) is 15.7 Å². The van der Waals surface area contributed by atoms with Crippen molar-refractivity contribution in [1.82, 2.24) is 15.1 Å². The van der Waals surface area contributed by atoms with Crippen LogP contribution >= 0.6 is 0 Å². The fourth-order valence-corrected chi connectivity index (χ4v) is 3.24. The SMILES string of the molecule is O=C(Nc1ccc(-c2cc(C3CC3)n(C(=O)NC3CC3)n2)c(O)c1)C1CC1. The van der Waals surface area contributed by atoms with Gasteiger partial charge in [-0.15, -0.1) is 0 Å². The lowest BCUT2D eigenvalue weighted by Gasteiger charge is -2.07. The number of hydrogen-bond acceptors (Lipinski definition) is 4. The molecule has 1 heterocycles. The fraction of sp³-hybridized carbons (Fsp3) is 0.450. The van der Waals surface area contributed by atoms with Gasteiger partial charge in [-0.05, 0) is 56.7 Å². The first-order valence-electron chi connectivity index (χ1n) is 9.63. The Bertz CT molecular complexity index is 923. The van der Waals surface area contributed by atoms with E-state index in [0.29, 0.717) is 22.9 Å². The molecule has 27 heavy (non-hydrogen) atoms. The Morgan fingerprint density at radius 2 is 1.85 bits per heavy atom. The molecular formula is C20H22N4O3. The second-order valence-electron chi connectivity index (χ2n) is 7.86. The van der Waals surface area contributed by atoms with E-state index in [9.17, 15) is 14.7 Å². The number of aromatic hydroxyl groups is 1. The van der Waals surface area contributed by atoms with Gasteiger partial charge in [0.05, 0.1) is 11.4 Å². The number of phenolic OH excluding ortho intramolecular Hbond substituents is 1. The summed E-state index contributed by atoms with van der Waals surface area (Å²) in [6.07, 6.45) is 6.02. The van der Waals surface area contributed by atoms with Crippen molar-refractivity contribution >= 4 is 17.6 Å². The molecule has 7 heteroatoms. The molecule has 0 spiro atoms. The molecule has 3 aliphatic carbocycles. The largest absolute Gasteiger partial charge is 0.507 e. The highest BCUT2D eigenvalue weighted by molar-refractivity contribution is 5.94. The van der Waals surface area contributed by atoms with Crippen molar-refractivity contribution in [3.63, 3.8) is 0 Å². The van der Waals surface area contributed by atoms with Crippen LogP contribution in [-0.4, -0.2) is 32.9 Å². The normalized spacial score (nSPS) is 19.0. The quantitative estimate of drug-likeness (QED) is 0.757. The number of hydrogen-bond donors (Lipinski definition) is 3. The molecule has 2 aromatic rings. The number of nitrogens with one attached hydrogen (secondary N) is 2. The van der Waals surface area contributed by atoms with Crippen LogP contribution in [0.2, 0.25) is 0 Å². The first-order chi connectivity index (χ1) is 13.1. The average Bonchev–Trinajstić information content (AvgIpc) is 3.50. The van der Waals surface area contributed by atoms with Gasteiger partial charge in [-0.3, -0.25) is 4.79 Å². The van der Waals surface area contributed by atoms with E-state index >= 15 is 0 Å². The summed E-state index contributed by atoms with van der Waals surface area (Å²) in [5.74, 6) is 0.501. The van der Waals surface area contributed by atoms with Crippen LogP contribution in [0.5, 0.6) is 5.75 Å². The molecule has 3 saturated carbocycles. The van der Waals surface area contributed by atoms with Gasteiger partial charge < -0.3 is 15.7 Å². The molecule has 0 radical (unpaired) electrons. The zero-order chi connectivity index (χ0) is 18.5. The summed E-state index contributed by atoms with van der Waals surface area (Å²) < 4.78 is 1.45. The van der Waals surface area contributed by atoms with E-state index in [4.69, 9.17) is 0 Å². The maximum atomic E-state index is 12.5. The first-order valence-corrected chi connectivity index (χ1v) is 9.63. The van der Waals surface area contributed by atoms with Gasteiger partial charge in [-0.1, -0.05) is 0 Å². The monoisotopic (exact) mass is 366 g/mol. The minimum absolute atomic E-state index is 0.000746. The Kier molecular flexibility index (Phi) is 3.70. The summed E-state index contributed by atoms with van der Waals surface area (Å²) in [6.45, 7) is 0. The Balaban J connectivity index is 1.41. The predicted molar refractivity (Wildman–Crippen MR) is 99.6 cm³/mol. The number of carbonyl (C=O) groups is 2. The highest BCUT2D eigenvalue weighted by Crippen LogP contribution is 2.42. The maximum Gasteiger partial charge on any atom is 0.342 e. The zero-order valence-electron chi connectivity index (χ0n) is 14.9. The average molecular weight is 366 g/mol. The van der Waals surface area contributed by atoms with E-state index in [1.54, 1.807) is 12.1 Å². The second kappa shape index (κ2) is 6.11. The highest BCUT2D eigenvalue weighted by Gasteiger charge is 2.33. The van der Waals surface area contributed by atoms with E-state index in [-0.39, 0.29) is 29.6 Å². The first kappa shape index (κ1) is 16.4. The van der Waals surface area contributed by atoms with Gasteiger partial charge in [0.1, 0.15) is 5.75 Å². The van der Waals surface area contributed by atoms with Crippen molar-refractivity contribution in [3.8, 4) is 17.0 Å². The molecule has 0 atom stereocenters. The molecule has 5 rings (SSSR count). The van der Waals surface area contributed by atoms with E-state index in [1.165, 1.54) is 10.7 Å². The molecule has 0 aliphatic heterocycles. The lowest BCUT2D eigenvalue weighted by molar-refractivity contribution is -0.117. The maximum absolute atomic E-state index is 12.5. The van der Waals surface area contributed by atoms with E-state index < -0.39 is 0 Å². The zero-order valence-corrected chi connectivity index (χ0v) is 14.9. The van der Waals surface area contributed by atoms with Crippen molar-refractivity contribution in [3.05, 3.63) is 30.0 Å². The predicted octanol–water partition coefficient (Wildman–Crippen LogP) is 3.20. The number of benzene rings is 1. The van der Waals surface area contributed by atoms with Crippen molar-refractivity contribution in [1.29, 1.82) is 0 Å². The molecule has 2 amide bonds. The van der Waals surface area contributed by atoms with Crippen LogP contribution in [-0.2, 0) is 4.79 Å². The molecule has 1 aromatic heterocycles. The molecule has 3 N–H and O–H groups in total. The topological polar surface area (TPSA) is 96.3 Å². The van der Waals surface area contributed by atoms with Gasteiger partial charge in [0, 0.05) is 35.2 Å². The molecule has 1 aromatic carbocycles. The van der Waals surface area contributed by atoms with Gasteiger partial charge in [-0.25, -0.2) is 4.79 Å². The summed E-state index contributed by atoms with van der Waals surface area (Å²) in [4.78, 5) is 24.4. The Labute approximate surface area is 156 Å². The standard InChI is InChI=1S/C20H22N4O3/c25-18-9-14(21-19(26)12-3-4-12)7-8-15(18)16-10-17(11-1-2-11)24(23-16)20(27)22-13-5-6-13/h7-13,25H,1-6H2,(H,21,26)(H,22,27). The second-order valence-corrected chi connectivity index (χ2v) is 7.86. The number of aromatic nitrogens is 2. The number of rotatable bonds is 5. The molecule has 0 saturated heterocycles. The Morgan fingerprint density at radius 1 is 1.07 bits per heavy atom. The van der Waals surface area contributed by atoms with Gasteiger partial charge in [0.25, 0.3) is 0 Å². The van der Waals surface area contributed by atoms with Crippen LogP contribution in [0.15, 0.2) is 24.3 Å². The van der Waals surface area contributed by atoms with Gasteiger partial charge in [0.15, 0.2) is 0 Å². The molecule has 0 unspecified atom stereocenters. The lowest BCUT2D eigenvalue weighted by Crippen LogP contribution is -2.32. The Morgan fingerprint density at radius 3 is 2.48 bits per heavy atom. The van der Waals surface area contributed by atoms with Crippen molar-refractivity contribution in [2.24, 2.45) is 5.92 Å². The van der Waals surface area contributed by atoms with Crippen LogP contribution in [0.4, 0.5) is 10.5 Å². The van der Waals surface area contributed by atoms with Crippen LogP contribution in [0.1, 0.15) is 50.1 Å². The third kappa shape index (κ3) is 3.41. The third-order valence-electron chi connectivity index (χ3n) is 5.32. The van der Waals surface area contributed by atoms with Crippen molar-refractivity contribution in [2.75, 3.05) is 5.32 Å². The molecule has 7 nitrogen and oxygen atoms in total. The van der Waals surface area contributed by atoms with Crippen molar-refractivity contribution in [2.45, 2.75) is 50.5 Å². The molecule has 3 fully saturated rings. The highest BCUT2D eigenvalue weighted by atomic mass is 16.3. The van der Waals surface area contributed by atoms with Crippen LogP contribution in [0, 0.1) is 5.92 Å². The molecule has 140 valence electrons. The van der Waals surface area contributed by atoms with E-state index in [1.807, 2.05) is 6.07 Å². The number of carbonyl (C=O) groups excluding carboxylic acids is 2. The lowest BCUT2D eigenvalue weighted by atomic mass is 10.1. The van der Waals surface area contributed by atoms with Crippen molar-refractivity contribution < 1.29 is 14.7 Å². The van der Waals surface area contributed by atoms with Crippen LogP contribution < -0.4 is 10.6 Å². The van der Waals surface area contributed by atoms with Crippen LogP contribution in [0.25, 0.3) is 11.3 Å². The van der Waals surface area contributed by atoms with Gasteiger partial charge >= 0.3 is 6.03 Å². The number of amides is 2. The number of phenols is 1. The summed E-state index contributed by atoms with van der Waals surface area (Å²) in [6, 6.07) is 6.99. The summed E-state index contributed by atoms with van der Waals surface area (Å²) in [5.41, 5.74) is 2.59. The minimum atomic E-state index is -0.196. The smallest absolute Gasteiger partial charge is 0.342 e. The summed E-state index contributed by atoms with van der Waals surface area (Å²) >= 11 is 0. The molecular weight excluding hydrogens is 344 g/mol. The number of anilines is 1. The van der Waals surface area contributed by atoms with E-state index in [0.717, 1.165) is 44.2 Å². The Hall–Kier alpha value is -2.83. The molecule has 0 bridgehead atoms. The minimum Gasteiger partial charge on any atom is -0.507 e. The van der Waals surface area contributed by atoms with Gasteiger partial charge in [0.2, 0.25) is 5.91 Å². The molecule has 3 aliphatic rings. The summed E-state index contributed by atoms with van der Waals surface area (Å²) in [7, 11) is 0. The summed E-state index contributed by atoms with van der Waals surface area (Å²) in [5, 5.41) is 20.7. The third-order valence-corrected chi connectivity index (χ3v) is 5.32. The van der Waals surface area contributed by atoms with Gasteiger partial charge in [-0.2, -0.15) is 9.78 Å². The fourth-order valence-electron chi connectivity index (χ4n) is 3.24. The number of nitrogens with zero attached hydrogens (tertiary/aromatic N) is 2.